The van der Waals surface area contributed by atoms with E-state index in [-0.39, 0.29) is 28.9 Å². The molecule has 7 heteroatoms. The summed E-state index contributed by atoms with van der Waals surface area (Å²) < 4.78 is 0. The second-order valence-corrected chi connectivity index (χ2v) is 7.41. The maximum atomic E-state index is 12.9. The fraction of sp³-hybridized carbons (Fsp3) is 0.273. The number of carbonyl (C=O) groups excluding carboxylic acids is 2. The van der Waals surface area contributed by atoms with Crippen molar-refractivity contribution in [2.45, 2.75) is 20.0 Å². The number of benzene rings is 2. The van der Waals surface area contributed by atoms with E-state index in [2.05, 4.69) is 5.32 Å². The lowest BCUT2D eigenvalue weighted by atomic mass is 10.1. The molecule has 0 bridgehead atoms. The number of hydrogen-bond donors (Lipinski definition) is 3. The number of nitrogens with zero attached hydrogens (tertiary/aromatic N) is 2. The average Bonchev–Trinajstić information content (AvgIpc) is 3.09. The first-order chi connectivity index (χ1) is 13.8. The van der Waals surface area contributed by atoms with Crippen molar-refractivity contribution in [3.8, 4) is 11.5 Å². The van der Waals surface area contributed by atoms with Crippen LogP contribution in [0.3, 0.4) is 0 Å². The molecule has 0 saturated heterocycles. The van der Waals surface area contributed by atoms with Crippen molar-refractivity contribution in [2.24, 2.45) is 0 Å². The molecule has 152 valence electrons. The van der Waals surface area contributed by atoms with Gasteiger partial charge in [-0.2, -0.15) is 0 Å². The van der Waals surface area contributed by atoms with Gasteiger partial charge in [-0.1, -0.05) is 18.2 Å². The normalized spacial score (nSPS) is 13.2. The highest BCUT2D eigenvalue weighted by Crippen LogP contribution is 2.33. The highest BCUT2D eigenvalue weighted by Gasteiger charge is 2.28. The standard InChI is InChI=1S/C22H25N3O4/c1-14-10-16(20(27)11-19(14)26)22(29)25-12-15-6-4-7-18(17(15)13-25)23-21(28)8-5-9-24(2)3/h4-8,10-11,26-27H,9,12-13H2,1-3H3,(H,23,28)/b8-5+. The summed E-state index contributed by atoms with van der Waals surface area (Å²) in [5, 5.41) is 22.7. The molecule has 0 aliphatic carbocycles. The maximum Gasteiger partial charge on any atom is 0.258 e. The van der Waals surface area contributed by atoms with Gasteiger partial charge in [-0.3, -0.25) is 9.59 Å². The lowest BCUT2D eigenvalue weighted by Gasteiger charge is -2.17. The monoisotopic (exact) mass is 395 g/mol. The van der Waals surface area contributed by atoms with Gasteiger partial charge in [0.15, 0.2) is 0 Å². The van der Waals surface area contributed by atoms with Gasteiger partial charge in [-0.05, 0) is 44.3 Å². The van der Waals surface area contributed by atoms with Crippen LogP contribution in [-0.4, -0.2) is 52.5 Å². The minimum absolute atomic E-state index is 0.0592. The van der Waals surface area contributed by atoms with Crippen LogP contribution in [0.4, 0.5) is 5.69 Å². The quantitative estimate of drug-likeness (QED) is 0.677. The number of aryl methyl sites for hydroxylation is 1. The summed E-state index contributed by atoms with van der Waals surface area (Å²) in [4.78, 5) is 28.7. The van der Waals surface area contributed by atoms with Crippen LogP contribution in [0.5, 0.6) is 11.5 Å². The Kier molecular flexibility index (Phi) is 5.89. The second kappa shape index (κ2) is 8.36. The van der Waals surface area contributed by atoms with Crippen molar-refractivity contribution in [3.05, 3.63) is 64.7 Å². The summed E-state index contributed by atoms with van der Waals surface area (Å²) in [6.45, 7) is 3.04. The molecule has 2 aromatic rings. The lowest BCUT2D eigenvalue weighted by Crippen LogP contribution is -2.25. The molecule has 1 aliphatic heterocycles. The summed E-state index contributed by atoms with van der Waals surface area (Å²) >= 11 is 0. The largest absolute Gasteiger partial charge is 0.508 e. The van der Waals surface area contributed by atoms with Crippen molar-refractivity contribution >= 4 is 17.5 Å². The molecule has 3 N–H and O–H groups in total. The number of likely N-dealkylation sites (N-methyl/N-ethyl adjacent to an activating group) is 1. The van der Waals surface area contributed by atoms with E-state index in [0.717, 1.165) is 11.1 Å². The van der Waals surface area contributed by atoms with E-state index in [4.69, 9.17) is 0 Å². The number of fused-ring (bicyclic) bond motifs is 1. The third-order valence-corrected chi connectivity index (χ3v) is 4.81. The van der Waals surface area contributed by atoms with Crippen molar-refractivity contribution in [1.82, 2.24) is 9.80 Å². The lowest BCUT2D eigenvalue weighted by molar-refractivity contribution is -0.111. The molecule has 0 radical (unpaired) electrons. The van der Waals surface area contributed by atoms with Gasteiger partial charge < -0.3 is 25.3 Å². The van der Waals surface area contributed by atoms with E-state index in [1.165, 1.54) is 18.2 Å². The number of carbonyl (C=O) groups is 2. The molecule has 0 spiro atoms. The Morgan fingerprint density at radius 3 is 2.66 bits per heavy atom. The first-order valence-corrected chi connectivity index (χ1v) is 9.31. The molecule has 29 heavy (non-hydrogen) atoms. The van der Waals surface area contributed by atoms with Crippen molar-refractivity contribution in [3.63, 3.8) is 0 Å². The summed E-state index contributed by atoms with van der Waals surface area (Å²) in [7, 11) is 3.84. The van der Waals surface area contributed by atoms with Gasteiger partial charge in [0.1, 0.15) is 11.5 Å². The van der Waals surface area contributed by atoms with E-state index >= 15 is 0 Å². The van der Waals surface area contributed by atoms with Gasteiger partial charge in [-0.15, -0.1) is 0 Å². The highest BCUT2D eigenvalue weighted by molar-refractivity contribution is 6.00. The van der Waals surface area contributed by atoms with Gasteiger partial charge in [0.2, 0.25) is 5.91 Å². The Labute approximate surface area is 169 Å². The molecule has 7 nitrogen and oxygen atoms in total. The summed E-state index contributed by atoms with van der Waals surface area (Å²) in [6, 6.07) is 8.23. The first-order valence-electron chi connectivity index (χ1n) is 9.31. The minimum atomic E-state index is -0.329. The fourth-order valence-electron chi connectivity index (χ4n) is 3.25. The molecule has 0 atom stereocenters. The third kappa shape index (κ3) is 4.57. The van der Waals surface area contributed by atoms with Crippen LogP contribution in [0.25, 0.3) is 0 Å². The summed E-state index contributed by atoms with van der Waals surface area (Å²) in [5.74, 6) is -0.869. The topological polar surface area (TPSA) is 93.1 Å². The van der Waals surface area contributed by atoms with Crippen LogP contribution in [-0.2, 0) is 17.9 Å². The number of hydrogen-bond acceptors (Lipinski definition) is 5. The Balaban J connectivity index is 1.76. The zero-order valence-electron chi connectivity index (χ0n) is 16.8. The van der Waals surface area contributed by atoms with Gasteiger partial charge in [0.05, 0.1) is 5.56 Å². The Hall–Kier alpha value is -3.32. The molecular weight excluding hydrogens is 370 g/mol. The van der Waals surface area contributed by atoms with Crippen LogP contribution in [0.2, 0.25) is 0 Å². The molecule has 2 aromatic carbocycles. The van der Waals surface area contributed by atoms with Crippen LogP contribution < -0.4 is 5.32 Å². The van der Waals surface area contributed by atoms with Crippen molar-refractivity contribution in [1.29, 1.82) is 0 Å². The molecule has 0 unspecified atom stereocenters. The van der Waals surface area contributed by atoms with Crippen LogP contribution in [0, 0.1) is 6.92 Å². The number of anilines is 1. The number of aromatic hydroxyl groups is 2. The molecule has 2 amide bonds. The highest BCUT2D eigenvalue weighted by atomic mass is 16.3. The SMILES string of the molecule is Cc1cc(C(=O)N2Cc3cccc(NC(=O)/C=C/CN(C)C)c3C2)c(O)cc1O. The molecule has 0 saturated carbocycles. The van der Waals surface area contributed by atoms with Crippen LogP contribution >= 0.6 is 0 Å². The molecule has 3 rings (SSSR count). The maximum absolute atomic E-state index is 12.9. The van der Waals surface area contributed by atoms with Crippen LogP contribution in [0.1, 0.15) is 27.0 Å². The van der Waals surface area contributed by atoms with Gasteiger partial charge in [0.25, 0.3) is 5.91 Å². The Morgan fingerprint density at radius 2 is 1.93 bits per heavy atom. The van der Waals surface area contributed by atoms with E-state index in [0.29, 0.717) is 30.9 Å². The smallest absolute Gasteiger partial charge is 0.258 e. The molecule has 0 fully saturated rings. The fourth-order valence-corrected chi connectivity index (χ4v) is 3.25. The van der Waals surface area contributed by atoms with Crippen molar-refractivity contribution in [2.75, 3.05) is 26.0 Å². The number of phenolic OH excluding ortho intramolecular Hbond substituents is 2. The van der Waals surface area contributed by atoms with Gasteiger partial charge in [0, 0.05) is 43.0 Å². The van der Waals surface area contributed by atoms with E-state index < -0.39 is 0 Å². The van der Waals surface area contributed by atoms with Gasteiger partial charge in [-0.25, -0.2) is 0 Å². The van der Waals surface area contributed by atoms with Crippen LogP contribution in [0.15, 0.2) is 42.5 Å². The van der Waals surface area contributed by atoms with E-state index in [9.17, 15) is 19.8 Å². The molecule has 1 heterocycles. The first kappa shape index (κ1) is 20.4. The Bertz CT molecular complexity index is 982. The molecular formula is C22H25N3O4. The molecule has 1 aliphatic rings. The Morgan fingerprint density at radius 1 is 1.17 bits per heavy atom. The van der Waals surface area contributed by atoms with E-state index in [1.54, 1.807) is 17.9 Å². The second-order valence-electron chi connectivity index (χ2n) is 7.41. The molecule has 0 aromatic heterocycles. The number of phenols is 2. The zero-order valence-corrected chi connectivity index (χ0v) is 16.8. The predicted octanol–water partition coefficient (Wildman–Crippen LogP) is 2.62. The van der Waals surface area contributed by atoms with E-state index in [1.807, 2.05) is 37.2 Å². The number of rotatable bonds is 5. The summed E-state index contributed by atoms with van der Waals surface area (Å²) in [5.41, 5.74) is 3.16. The number of amides is 2. The third-order valence-electron chi connectivity index (χ3n) is 4.81. The minimum Gasteiger partial charge on any atom is -0.508 e. The summed E-state index contributed by atoms with van der Waals surface area (Å²) in [6.07, 6.45) is 3.28. The van der Waals surface area contributed by atoms with Gasteiger partial charge >= 0.3 is 0 Å². The average molecular weight is 395 g/mol. The predicted molar refractivity (Wildman–Crippen MR) is 111 cm³/mol. The zero-order chi connectivity index (χ0) is 21.1. The van der Waals surface area contributed by atoms with Crippen molar-refractivity contribution < 1.29 is 19.8 Å². The number of nitrogens with one attached hydrogen (secondary N) is 1.